The number of carbonyl (C=O) groups excluding carboxylic acids is 2. The van der Waals surface area contributed by atoms with Crippen LogP contribution in [-0.2, 0) is 9.53 Å². The average molecular weight is 326 g/mol. The SMILES string of the molecule is CCN(C(=O)CNc1cc(C(=O)OC)ccc1C)c1ccccc1. The molecule has 5 heteroatoms. The highest BCUT2D eigenvalue weighted by Crippen LogP contribution is 2.18. The van der Waals surface area contributed by atoms with E-state index in [0.717, 1.165) is 16.9 Å². The first-order chi connectivity index (χ1) is 11.6. The molecule has 0 aliphatic rings. The molecule has 0 aromatic heterocycles. The zero-order valence-corrected chi connectivity index (χ0v) is 14.2. The van der Waals surface area contributed by atoms with E-state index in [-0.39, 0.29) is 12.5 Å². The van der Waals surface area contributed by atoms with E-state index in [2.05, 4.69) is 5.32 Å². The Balaban J connectivity index is 2.09. The normalized spacial score (nSPS) is 10.1. The van der Waals surface area contributed by atoms with Crippen LogP contribution in [0.2, 0.25) is 0 Å². The molecular formula is C19H22N2O3. The van der Waals surface area contributed by atoms with Crippen LogP contribution >= 0.6 is 0 Å². The predicted octanol–water partition coefficient (Wildman–Crippen LogP) is 3.25. The van der Waals surface area contributed by atoms with Gasteiger partial charge in [-0.25, -0.2) is 4.79 Å². The molecule has 0 bridgehead atoms. The molecule has 2 aromatic carbocycles. The van der Waals surface area contributed by atoms with Crippen molar-refractivity contribution in [2.45, 2.75) is 13.8 Å². The van der Waals surface area contributed by atoms with Crippen LogP contribution in [0.3, 0.4) is 0 Å². The fourth-order valence-electron chi connectivity index (χ4n) is 2.43. The standard InChI is InChI=1S/C19H22N2O3/c1-4-21(16-8-6-5-7-9-16)18(22)13-20-17-12-15(19(23)24-3)11-10-14(17)2/h5-12,20H,4,13H2,1-3H3. The molecule has 0 saturated heterocycles. The van der Waals surface area contributed by atoms with Crippen molar-refractivity contribution in [3.05, 3.63) is 59.7 Å². The third-order valence-electron chi connectivity index (χ3n) is 3.77. The van der Waals surface area contributed by atoms with Crippen molar-refractivity contribution in [1.82, 2.24) is 0 Å². The maximum Gasteiger partial charge on any atom is 0.337 e. The van der Waals surface area contributed by atoms with Crippen molar-refractivity contribution >= 4 is 23.3 Å². The Hall–Kier alpha value is -2.82. The zero-order chi connectivity index (χ0) is 17.5. The number of anilines is 2. The van der Waals surface area contributed by atoms with Crippen LogP contribution < -0.4 is 10.2 Å². The van der Waals surface area contributed by atoms with Gasteiger partial charge in [-0.2, -0.15) is 0 Å². The number of likely N-dealkylation sites (N-methyl/N-ethyl adjacent to an activating group) is 1. The number of ether oxygens (including phenoxy) is 1. The first-order valence-corrected chi connectivity index (χ1v) is 7.85. The summed E-state index contributed by atoms with van der Waals surface area (Å²) in [5, 5.41) is 3.12. The highest BCUT2D eigenvalue weighted by Gasteiger charge is 2.14. The van der Waals surface area contributed by atoms with E-state index < -0.39 is 5.97 Å². The van der Waals surface area contributed by atoms with Crippen LogP contribution in [0.5, 0.6) is 0 Å². The minimum absolute atomic E-state index is 0.0356. The topological polar surface area (TPSA) is 58.6 Å². The van der Waals surface area contributed by atoms with E-state index in [1.807, 2.05) is 50.2 Å². The number of hydrogen-bond acceptors (Lipinski definition) is 4. The predicted molar refractivity (Wildman–Crippen MR) is 95.5 cm³/mol. The summed E-state index contributed by atoms with van der Waals surface area (Å²) < 4.78 is 4.73. The molecule has 0 fully saturated rings. The van der Waals surface area contributed by atoms with Crippen molar-refractivity contribution in [2.75, 3.05) is 30.4 Å². The number of hydrogen-bond donors (Lipinski definition) is 1. The zero-order valence-electron chi connectivity index (χ0n) is 14.2. The lowest BCUT2D eigenvalue weighted by molar-refractivity contribution is -0.116. The Morgan fingerprint density at radius 3 is 2.46 bits per heavy atom. The number of nitrogens with one attached hydrogen (secondary N) is 1. The summed E-state index contributed by atoms with van der Waals surface area (Å²) in [5.41, 5.74) is 3.02. The van der Waals surface area contributed by atoms with Gasteiger partial charge in [0, 0.05) is 17.9 Å². The second-order valence-corrected chi connectivity index (χ2v) is 5.35. The van der Waals surface area contributed by atoms with Gasteiger partial charge in [0.05, 0.1) is 19.2 Å². The van der Waals surface area contributed by atoms with Crippen LogP contribution in [0.15, 0.2) is 48.5 Å². The molecule has 0 unspecified atom stereocenters. The van der Waals surface area contributed by atoms with Gasteiger partial charge in [-0.3, -0.25) is 4.79 Å². The fourth-order valence-corrected chi connectivity index (χ4v) is 2.43. The number of aryl methyl sites for hydroxylation is 1. The lowest BCUT2D eigenvalue weighted by Crippen LogP contribution is -2.35. The van der Waals surface area contributed by atoms with Crippen LogP contribution in [0.4, 0.5) is 11.4 Å². The van der Waals surface area contributed by atoms with Crippen molar-refractivity contribution < 1.29 is 14.3 Å². The third kappa shape index (κ3) is 4.13. The maximum absolute atomic E-state index is 12.5. The molecule has 0 heterocycles. The molecule has 0 aliphatic carbocycles. The summed E-state index contributed by atoms with van der Waals surface area (Å²) in [7, 11) is 1.35. The Morgan fingerprint density at radius 2 is 1.83 bits per heavy atom. The number of benzene rings is 2. The number of para-hydroxylation sites is 1. The molecule has 1 amide bonds. The molecule has 0 aliphatic heterocycles. The molecule has 0 saturated carbocycles. The Morgan fingerprint density at radius 1 is 1.12 bits per heavy atom. The number of amides is 1. The highest BCUT2D eigenvalue weighted by atomic mass is 16.5. The van der Waals surface area contributed by atoms with Gasteiger partial charge in [-0.15, -0.1) is 0 Å². The maximum atomic E-state index is 12.5. The van der Waals surface area contributed by atoms with E-state index in [1.54, 1.807) is 17.0 Å². The van der Waals surface area contributed by atoms with Gasteiger partial charge in [0.1, 0.15) is 0 Å². The molecule has 126 valence electrons. The molecule has 24 heavy (non-hydrogen) atoms. The molecular weight excluding hydrogens is 304 g/mol. The molecule has 5 nitrogen and oxygen atoms in total. The quantitative estimate of drug-likeness (QED) is 0.828. The first kappa shape index (κ1) is 17.5. The van der Waals surface area contributed by atoms with Gasteiger partial charge in [0.2, 0.25) is 5.91 Å². The number of carbonyl (C=O) groups is 2. The van der Waals surface area contributed by atoms with Crippen molar-refractivity contribution in [3.63, 3.8) is 0 Å². The van der Waals surface area contributed by atoms with E-state index in [0.29, 0.717) is 12.1 Å². The minimum atomic E-state index is -0.399. The average Bonchev–Trinajstić information content (AvgIpc) is 2.62. The summed E-state index contributed by atoms with van der Waals surface area (Å²) >= 11 is 0. The third-order valence-corrected chi connectivity index (χ3v) is 3.77. The Bertz CT molecular complexity index is 714. The van der Waals surface area contributed by atoms with Crippen LogP contribution in [0, 0.1) is 6.92 Å². The van der Waals surface area contributed by atoms with Crippen molar-refractivity contribution in [3.8, 4) is 0 Å². The molecule has 0 radical (unpaired) electrons. The summed E-state index contributed by atoms with van der Waals surface area (Å²) in [6.45, 7) is 4.59. The lowest BCUT2D eigenvalue weighted by atomic mass is 10.1. The van der Waals surface area contributed by atoms with Crippen LogP contribution in [0.1, 0.15) is 22.8 Å². The van der Waals surface area contributed by atoms with Crippen molar-refractivity contribution in [1.29, 1.82) is 0 Å². The molecule has 0 spiro atoms. The van der Waals surface area contributed by atoms with E-state index in [1.165, 1.54) is 7.11 Å². The fraction of sp³-hybridized carbons (Fsp3) is 0.263. The second-order valence-electron chi connectivity index (χ2n) is 5.35. The Kier molecular flexibility index (Phi) is 5.95. The van der Waals surface area contributed by atoms with Gasteiger partial charge in [0.25, 0.3) is 0 Å². The van der Waals surface area contributed by atoms with Gasteiger partial charge in [0.15, 0.2) is 0 Å². The highest BCUT2D eigenvalue weighted by molar-refractivity contribution is 5.96. The summed E-state index contributed by atoms with van der Waals surface area (Å²) in [6, 6.07) is 14.8. The van der Waals surface area contributed by atoms with Crippen LogP contribution in [0.25, 0.3) is 0 Å². The van der Waals surface area contributed by atoms with Gasteiger partial charge in [-0.1, -0.05) is 24.3 Å². The Labute approximate surface area is 142 Å². The monoisotopic (exact) mass is 326 g/mol. The molecule has 2 aromatic rings. The van der Waals surface area contributed by atoms with E-state index in [4.69, 9.17) is 4.74 Å². The van der Waals surface area contributed by atoms with Crippen LogP contribution in [-0.4, -0.2) is 32.1 Å². The number of esters is 1. The second kappa shape index (κ2) is 8.15. The smallest absolute Gasteiger partial charge is 0.337 e. The molecule has 1 N–H and O–H groups in total. The van der Waals surface area contributed by atoms with Gasteiger partial charge < -0.3 is 15.0 Å². The lowest BCUT2D eigenvalue weighted by Gasteiger charge is -2.22. The van der Waals surface area contributed by atoms with E-state index >= 15 is 0 Å². The molecule has 2 rings (SSSR count). The minimum Gasteiger partial charge on any atom is -0.465 e. The number of nitrogens with zero attached hydrogens (tertiary/aromatic N) is 1. The van der Waals surface area contributed by atoms with Crippen molar-refractivity contribution in [2.24, 2.45) is 0 Å². The first-order valence-electron chi connectivity index (χ1n) is 7.85. The largest absolute Gasteiger partial charge is 0.465 e. The van der Waals surface area contributed by atoms with E-state index in [9.17, 15) is 9.59 Å². The number of methoxy groups -OCH3 is 1. The molecule has 0 atom stereocenters. The summed E-state index contributed by atoms with van der Waals surface area (Å²) in [4.78, 5) is 25.9. The summed E-state index contributed by atoms with van der Waals surface area (Å²) in [5.74, 6) is -0.435. The number of rotatable bonds is 6. The van der Waals surface area contributed by atoms with Gasteiger partial charge in [-0.05, 0) is 43.7 Å². The van der Waals surface area contributed by atoms with Gasteiger partial charge >= 0.3 is 5.97 Å². The summed E-state index contributed by atoms with van der Waals surface area (Å²) in [6.07, 6.45) is 0.